The molecule has 0 aromatic carbocycles. The Balaban J connectivity index is 1.44. The van der Waals surface area contributed by atoms with Gasteiger partial charge in [-0.15, -0.1) is 11.3 Å². The van der Waals surface area contributed by atoms with Crippen LogP contribution in [0.2, 0.25) is 0 Å². The highest BCUT2D eigenvalue weighted by atomic mass is 32.1. The molecule has 0 saturated heterocycles. The predicted molar refractivity (Wildman–Crippen MR) is 92.9 cm³/mol. The van der Waals surface area contributed by atoms with Gasteiger partial charge in [0.2, 0.25) is 5.91 Å². The lowest BCUT2D eigenvalue weighted by molar-refractivity contribution is -0.116. The largest absolute Gasteiger partial charge is 0.352 e. The lowest BCUT2D eigenvalue weighted by Crippen LogP contribution is -2.28. The summed E-state index contributed by atoms with van der Waals surface area (Å²) in [6.07, 6.45) is 6.87. The minimum atomic E-state index is -0.155. The number of hydrogen-bond acceptors (Lipinski definition) is 5. The van der Waals surface area contributed by atoms with Crippen LogP contribution in [0.3, 0.4) is 0 Å². The zero-order valence-corrected chi connectivity index (χ0v) is 14.5. The summed E-state index contributed by atoms with van der Waals surface area (Å²) in [7, 11) is 0. The Labute approximate surface area is 144 Å². The van der Waals surface area contributed by atoms with E-state index in [0.717, 1.165) is 42.3 Å². The van der Waals surface area contributed by atoms with E-state index < -0.39 is 0 Å². The van der Waals surface area contributed by atoms with Crippen LogP contribution >= 0.6 is 11.3 Å². The summed E-state index contributed by atoms with van der Waals surface area (Å²) < 4.78 is 3.28. The number of amides is 1. The number of hydrogen-bond donors (Lipinski definition) is 1. The van der Waals surface area contributed by atoms with Gasteiger partial charge in [0.15, 0.2) is 0 Å². The van der Waals surface area contributed by atoms with Gasteiger partial charge in [-0.1, -0.05) is 0 Å². The molecule has 1 N–H and O–H groups in total. The van der Waals surface area contributed by atoms with E-state index in [0.29, 0.717) is 19.5 Å². The molecule has 128 valence electrons. The minimum absolute atomic E-state index is 0.0326. The van der Waals surface area contributed by atoms with Crippen molar-refractivity contribution in [3.05, 3.63) is 38.5 Å². The van der Waals surface area contributed by atoms with E-state index in [-0.39, 0.29) is 11.6 Å². The van der Waals surface area contributed by atoms with Gasteiger partial charge in [-0.05, 0) is 32.3 Å². The molecule has 24 heavy (non-hydrogen) atoms. The fraction of sp³-hybridized carbons (Fsp3) is 0.500. The van der Waals surface area contributed by atoms with E-state index in [4.69, 9.17) is 0 Å². The van der Waals surface area contributed by atoms with Gasteiger partial charge in [-0.3, -0.25) is 9.36 Å². The van der Waals surface area contributed by atoms with Gasteiger partial charge >= 0.3 is 5.69 Å². The van der Waals surface area contributed by atoms with Gasteiger partial charge < -0.3 is 5.32 Å². The number of nitrogens with zero attached hydrogens (tertiary/aromatic N) is 4. The van der Waals surface area contributed by atoms with Crippen LogP contribution in [0.25, 0.3) is 6.08 Å². The molecule has 0 saturated carbocycles. The van der Waals surface area contributed by atoms with E-state index in [9.17, 15) is 9.59 Å². The van der Waals surface area contributed by atoms with Gasteiger partial charge in [-0.2, -0.15) is 5.10 Å². The van der Waals surface area contributed by atoms with Crippen LogP contribution in [0.5, 0.6) is 0 Å². The standard InChI is InChI=1S/C16H21N5O2S/c1-12-18-13(11-24-12)6-7-15(22)17-8-4-10-21-16(23)20-9-3-2-5-14(20)19-21/h6-7,11H,2-5,8-10H2,1H3,(H,17,22). The maximum absolute atomic E-state index is 12.2. The molecule has 0 radical (unpaired) electrons. The molecule has 8 heteroatoms. The summed E-state index contributed by atoms with van der Waals surface area (Å²) in [4.78, 5) is 28.2. The van der Waals surface area contributed by atoms with E-state index >= 15 is 0 Å². The van der Waals surface area contributed by atoms with Gasteiger partial charge in [0, 0.05) is 37.5 Å². The van der Waals surface area contributed by atoms with Crippen molar-refractivity contribution < 1.29 is 4.79 Å². The molecular weight excluding hydrogens is 326 g/mol. The average molecular weight is 347 g/mol. The highest BCUT2D eigenvalue weighted by Crippen LogP contribution is 2.10. The SMILES string of the molecule is Cc1nc(C=CC(=O)NCCCn2nc3n(c2=O)CCCC3)cs1. The molecule has 7 nitrogen and oxygen atoms in total. The molecule has 3 rings (SSSR count). The molecule has 0 spiro atoms. The molecule has 2 aromatic heterocycles. The molecule has 0 aliphatic carbocycles. The maximum atomic E-state index is 12.2. The van der Waals surface area contributed by atoms with Gasteiger partial charge in [0.1, 0.15) is 5.82 Å². The van der Waals surface area contributed by atoms with Crippen LogP contribution in [-0.4, -0.2) is 31.8 Å². The molecule has 1 aliphatic rings. The van der Waals surface area contributed by atoms with Gasteiger partial charge in [0.25, 0.3) is 0 Å². The number of fused-ring (bicyclic) bond motifs is 1. The Bertz CT molecular complexity index is 802. The van der Waals surface area contributed by atoms with Crippen molar-refractivity contribution >= 4 is 23.3 Å². The number of carbonyl (C=O) groups is 1. The van der Waals surface area contributed by atoms with Crippen molar-refractivity contribution in [2.24, 2.45) is 0 Å². The molecule has 0 bridgehead atoms. The van der Waals surface area contributed by atoms with Crippen LogP contribution in [0.4, 0.5) is 0 Å². The average Bonchev–Trinajstić information content (AvgIpc) is 3.14. The summed E-state index contributed by atoms with van der Waals surface area (Å²) in [5.41, 5.74) is 0.762. The van der Waals surface area contributed by atoms with Crippen molar-refractivity contribution in [1.29, 1.82) is 0 Å². The fourth-order valence-corrected chi connectivity index (χ4v) is 3.29. The number of aromatic nitrogens is 4. The second kappa shape index (κ2) is 7.57. The first kappa shape index (κ1) is 16.6. The highest BCUT2D eigenvalue weighted by molar-refractivity contribution is 7.09. The maximum Gasteiger partial charge on any atom is 0.345 e. The van der Waals surface area contributed by atoms with Crippen LogP contribution in [0.15, 0.2) is 16.3 Å². The zero-order chi connectivity index (χ0) is 16.9. The fourth-order valence-electron chi connectivity index (χ4n) is 2.71. The molecule has 0 unspecified atom stereocenters. The Morgan fingerprint density at radius 3 is 3.08 bits per heavy atom. The predicted octanol–water partition coefficient (Wildman–Crippen LogP) is 1.37. The lowest BCUT2D eigenvalue weighted by atomic mass is 10.2. The highest BCUT2D eigenvalue weighted by Gasteiger charge is 2.16. The Morgan fingerprint density at radius 2 is 2.33 bits per heavy atom. The smallest absolute Gasteiger partial charge is 0.345 e. The normalized spacial score (nSPS) is 14.0. The molecule has 0 atom stereocenters. The number of nitrogens with one attached hydrogen (secondary N) is 1. The number of rotatable bonds is 6. The number of aryl methyl sites for hydroxylation is 3. The second-order valence-corrected chi connectivity index (χ2v) is 6.86. The van der Waals surface area contributed by atoms with Gasteiger partial charge in [0.05, 0.1) is 10.7 Å². The molecule has 3 heterocycles. The third-order valence-corrected chi connectivity index (χ3v) is 4.71. The summed E-state index contributed by atoms with van der Waals surface area (Å²) >= 11 is 1.55. The lowest BCUT2D eigenvalue weighted by Gasteiger charge is -2.09. The van der Waals surface area contributed by atoms with Crippen molar-refractivity contribution in [3.63, 3.8) is 0 Å². The van der Waals surface area contributed by atoms with Crippen LogP contribution < -0.4 is 11.0 Å². The first-order valence-corrected chi connectivity index (χ1v) is 9.06. The summed E-state index contributed by atoms with van der Waals surface area (Å²) in [6.45, 7) is 3.73. The van der Waals surface area contributed by atoms with Gasteiger partial charge in [-0.25, -0.2) is 14.5 Å². The van der Waals surface area contributed by atoms with Crippen molar-refractivity contribution in [2.45, 2.75) is 45.7 Å². The Kier molecular flexibility index (Phi) is 5.24. The molecule has 2 aromatic rings. The molecule has 0 fully saturated rings. The summed E-state index contributed by atoms with van der Waals surface area (Å²) in [5.74, 6) is 0.730. The first-order valence-electron chi connectivity index (χ1n) is 8.18. The van der Waals surface area contributed by atoms with Crippen LogP contribution in [0, 0.1) is 6.92 Å². The number of carbonyl (C=O) groups excluding carboxylic acids is 1. The number of thiazole rings is 1. The third kappa shape index (κ3) is 4.00. The van der Waals surface area contributed by atoms with Crippen molar-refractivity contribution in [2.75, 3.05) is 6.54 Å². The van der Waals surface area contributed by atoms with Crippen LogP contribution in [-0.2, 0) is 24.3 Å². The van der Waals surface area contributed by atoms with E-state index in [1.165, 1.54) is 10.8 Å². The monoisotopic (exact) mass is 347 g/mol. The Morgan fingerprint density at radius 1 is 1.46 bits per heavy atom. The molecule has 1 amide bonds. The summed E-state index contributed by atoms with van der Waals surface area (Å²) in [5, 5.41) is 10.1. The summed E-state index contributed by atoms with van der Waals surface area (Å²) in [6, 6.07) is 0. The minimum Gasteiger partial charge on any atom is -0.352 e. The first-order chi connectivity index (χ1) is 11.6. The van der Waals surface area contributed by atoms with Crippen molar-refractivity contribution in [1.82, 2.24) is 24.6 Å². The van der Waals surface area contributed by atoms with Crippen LogP contribution in [0.1, 0.15) is 35.8 Å². The topological polar surface area (TPSA) is 81.8 Å². The molecule has 1 aliphatic heterocycles. The molecular formula is C16H21N5O2S. The zero-order valence-electron chi connectivity index (χ0n) is 13.7. The van der Waals surface area contributed by atoms with E-state index in [1.54, 1.807) is 22.0 Å². The van der Waals surface area contributed by atoms with E-state index in [1.807, 2.05) is 12.3 Å². The second-order valence-electron chi connectivity index (χ2n) is 5.80. The quantitative estimate of drug-likeness (QED) is 0.632. The Hall–Kier alpha value is -2.22. The van der Waals surface area contributed by atoms with Crippen molar-refractivity contribution in [3.8, 4) is 0 Å². The van der Waals surface area contributed by atoms with E-state index in [2.05, 4.69) is 15.4 Å². The third-order valence-electron chi connectivity index (χ3n) is 3.92.